The van der Waals surface area contributed by atoms with Crippen molar-refractivity contribution in [1.29, 1.82) is 0 Å². The first-order chi connectivity index (χ1) is 6.71. The summed E-state index contributed by atoms with van der Waals surface area (Å²) in [5.74, 6) is 0. The summed E-state index contributed by atoms with van der Waals surface area (Å²) in [4.78, 5) is 5.84. The molecule has 0 spiro atoms. The van der Waals surface area contributed by atoms with E-state index >= 15 is 0 Å². The van der Waals surface area contributed by atoms with Gasteiger partial charge in [0.05, 0.1) is 5.54 Å². The van der Waals surface area contributed by atoms with Crippen LogP contribution < -0.4 is 5.32 Å². The Hall–Kier alpha value is -0.800. The van der Waals surface area contributed by atoms with Gasteiger partial charge in [0.2, 0.25) is 0 Å². The number of aromatic amines is 1. The summed E-state index contributed by atoms with van der Waals surface area (Å²) in [5.41, 5.74) is 1.44. The van der Waals surface area contributed by atoms with E-state index in [9.17, 15) is 0 Å². The van der Waals surface area contributed by atoms with Gasteiger partial charge in [-0.2, -0.15) is 0 Å². The van der Waals surface area contributed by atoms with Crippen LogP contribution in [0.5, 0.6) is 0 Å². The molecule has 3 heteroatoms. The number of rotatable bonds is 2. The van der Waals surface area contributed by atoms with Crippen LogP contribution in [0.25, 0.3) is 0 Å². The third-order valence-corrected chi connectivity index (χ3v) is 3.16. The van der Waals surface area contributed by atoms with Crippen LogP contribution in [0.4, 0.5) is 0 Å². The molecule has 3 nitrogen and oxygen atoms in total. The van der Waals surface area contributed by atoms with Gasteiger partial charge >= 0.3 is 0 Å². The van der Waals surface area contributed by atoms with E-state index in [0.29, 0.717) is 0 Å². The van der Waals surface area contributed by atoms with Crippen molar-refractivity contribution in [2.24, 2.45) is 0 Å². The average molecular weight is 193 g/mol. The highest BCUT2D eigenvalue weighted by atomic mass is 15.2. The Morgan fingerprint density at radius 1 is 1.29 bits per heavy atom. The molecule has 1 fully saturated rings. The molecule has 0 atom stereocenters. The number of hydrogen-bond donors (Lipinski definition) is 2. The third-order valence-electron chi connectivity index (χ3n) is 3.16. The highest BCUT2D eigenvalue weighted by Gasteiger charge is 2.29. The fraction of sp³-hybridized carbons (Fsp3) is 0.636. The first-order valence-corrected chi connectivity index (χ1v) is 5.31. The lowest BCUT2D eigenvalue weighted by Crippen LogP contribution is -2.51. The van der Waals surface area contributed by atoms with E-state index in [1.54, 1.807) is 0 Å². The van der Waals surface area contributed by atoms with Crippen molar-refractivity contribution in [1.82, 2.24) is 15.2 Å². The topological polar surface area (TPSA) is 31.1 Å². The van der Waals surface area contributed by atoms with Gasteiger partial charge in [-0.3, -0.25) is 4.90 Å². The molecule has 1 aliphatic rings. The average Bonchev–Trinajstić information content (AvgIpc) is 2.72. The van der Waals surface area contributed by atoms with Crippen molar-refractivity contribution in [2.75, 3.05) is 26.2 Å². The molecule has 0 bridgehead atoms. The van der Waals surface area contributed by atoms with Crippen LogP contribution in [0, 0.1) is 0 Å². The Morgan fingerprint density at radius 3 is 2.57 bits per heavy atom. The smallest absolute Gasteiger partial charge is 0.0555 e. The Morgan fingerprint density at radius 2 is 2.00 bits per heavy atom. The van der Waals surface area contributed by atoms with E-state index in [2.05, 4.69) is 41.2 Å². The largest absolute Gasteiger partial charge is 0.363 e. The van der Waals surface area contributed by atoms with Crippen molar-refractivity contribution in [3.8, 4) is 0 Å². The summed E-state index contributed by atoms with van der Waals surface area (Å²) in [7, 11) is 0. The second-order valence-electron chi connectivity index (χ2n) is 4.38. The van der Waals surface area contributed by atoms with E-state index < -0.39 is 0 Å². The summed E-state index contributed by atoms with van der Waals surface area (Å²) >= 11 is 0. The maximum absolute atomic E-state index is 3.38. The van der Waals surface area contributed by atoms with Crippen LogP contribution in [0.15, 0.2) is 18.3 Å². The summed E-state index contributed by atoms with van der Waals surface area (Å²) in [6.45, 7) is 9.03. The number of H-pyrrole nitrogens is 1. The van der Waals surface area contributed by atoms with E-state index in [1.807, 2.05) is 6.20 Å². The molecule has 0 saturated carbocycles. The van der Waals surface area contributed by atoms with E-state index in [1.165, 1.54) is 5.69 Å². The van der Waals surface area contributed by atoms with Crippen LogP contribution in [0.3, 0.4) is 0 Å². The quantitative estimate of drug-likeness (QED) is 0.738. The molecular formula is C11H19N3. The summed E-state index contributed by atoms with van der Waals surface area (Å²) < 4.78 is 0. The fourth-order valence-electron chi connectivity index (χ4n) is 2.11. The van der Waals surface area contributed by atoms with Crippen LogP contribution in [0.1, 0.15) is 19.5 Å². The molecule has 0 aliphatic carbocycles. The van der Waals surface area contributed by atoms with Gasteiger partial charge in [0.15, 0.2) is 0 Å². The maximum Gasteiger partial charge on any atom is 0.0555 e. The predicted molar refractivity (Wildman–Crippen MR) is 58.3 cm³/mol. The molecule has 2 N–H and O–H groups in total. The van der Waals surface area contributed by atoms with Gasteiger partial charge in [-0.05, 0) is 26.0 Å². The van der Waals surface area contributed by atoms with Crippen molar-refractivity contribution in [3.63, 3.8) is 0 Å². The number of nitrogens with one attached hydrogen (secondary N) is 2. The molecule has 14 heavy (non-hydrogen) atoms. The van der Waals surface area contributed by atoms with Gasteiger partial charge < -0.3 is 10.3 Å². The van der Waals surface area contributed by atoms with Crippen LogP contribution in [-0.4, -0.2) is 36.1 Å². The molecule has 1 aromatic heterocycles. The molecule has 78 valence electrons. The second kappa shape index (κ2) is 3.75. The monoisotopic (exact) mass is 193 g/mol. The van der Waals surface area contributed by atoms with Gasteiger partial charge in [0.25, 0.3) is 0 Å². The first-order valence-electron chi connectivity index (χ1n) is 5.31. The number of piperazine rings is 1. The normalized spacial score (nSPS) is 19.9. The zero-order valence-corrected chi connectivity index (χ0v) is 9.01. The molecule has 0 aromatic carbocycles. The zero-order valence-electron chi connectivity index (χ0n) is 9.01. The van der Waals surface area contributed by atoms with Crippen molar-refractivity contribution >= 4 is 0 Å². The van der Waals surface area contributed by atoms with Crippen LogP contribution >= 0.6 is 0 Å². The highest BCUT2D eigenvalue weighted by Crippen LogP contribution is 2.26. The number of hydrogen-bond acceptors (Lipinski definition) is 2. The lowest BCUT2D eigenvalue weighted by atomic mass is 9.97. The Labute approximate surface area is 85.5 Å². The standard InChI is InChI=1S/C11H19N3/c1-11(2,10-4-3-5-13-10)14-8-6-12-7-9-14/h3-5,12-13H,6-9H2,1-2H3. The highest BCUT2D eigenvalue weighted by molar-refractivity contribution is 5.14. The summed E-state index contributed by atoms with van der Waals surface area (Å²) in [5, 5.41) is 3.38. The Bertz CT molecular complexity index is 271. The predicted octanol–water partition coefficient (Wildman–Crippen LogP) is 1.16. The molecule has 0 radical (unpaired) electrons. The zero-order chi connectivity index (χ0) is 10.0. The van der Waals surface area contributed by atoms with Gasteiger partial charge in [-0.25, -0.2) is 0 Å². The molecular weight excluding hydrogens is 174 g/mol. The lowest BCUT2D eigenvalue weighted by molar-refractivity contribution is 0.0993. The van der Waals surface area contributed by atoms with E-state index in [-0.39, 0.29) is 5.54 Å². The minimum Gasteiger partial charge on any atom is -0.363 e. The molecule has 1 aliphatic heterocycles. The molecule has 1 aromatic rings. The number of nitrogens with zero attached hydrogens (tertiary/aromatic N) is 1. The fourth-order valence-corrected chi connectivity index (χ4v) is 2.11. The first kappa shape index (κ1) is 9.74. The van der Waals surface area contributed by atoms with Crippen molar-refractivity contribution < 1.29 is 0 Å². The lowest BCUT2D eigenvalue weighted by Gasteiger charge is -2.40. The number of aromatic nitrogens is 1. The Balaban J connectivity index is 2.14. The minimum atomic E-state index is 0.131. The van der Waals surface area contributed by atoms with E-state index in [4.69, 9.17) is 0 Å². The third kappa shape index (κ3) is 1.70. The summed E-state index contributed by atoms with van der Waals surface area (Å²) in [6, 6.07) is 4.24. The van der Waals surface area contributed by atoms with Crippen molar-refractivity contribution in [2.45, 2.75) is 19.4 Å². The minimum absolute atomic E-state index is 0.131. The molecule has 0 unspecified atom stereocenters. The molecule has 0 amide bonds. The van der Waals surface area contributed by atoms with Gasteiger partial charge in [-0.1, -0.05) is 0 Å². The molecule has 2 heterocycles. The van der Waals surface area contributed by atoms with Crippen LogP contribution in [-0.2, 0) is 5.54 Å². The maximum atomic E-state index is 3.38. The van der Waals surface area contributed by atoms with E-state index in [0.717, 1.165) is 26.2 Å². The van der Waals surface area contributed by atoms with Gasteiger partial charge in [0, 0.05) is 38.1 Å². The van der Waals surface area contributed by atoms with Gasteiger partial charge in [0.1, 0.15) is 0 Å². The van der Waals surface area contributed by atoms with Gasteiger partial charge in [-0.15, -0.1) is 0 Å². The second-order valence-corrected chi connectivity index (χ2v) is 4.38. The van der Waals surface area contributed by atoms with Crippen molar-refractivity contribution in [3.05, 3.63) is 24.0 Å². The molecule has 1 saturated heterocycles. The van der Waals surface area contributed by atoms with Crippen LogP contribution in [0.2, 0.25) is 0 Å². The Kier molecular flexibility index (Phi) is 2.61. The molecule has 2 rings (SSSR count). The SMILES string of the molecule is CC(C)(c1ccc[nH]1)N1CCNCC1. The summed E-state index contributed by atoms with van der Waals surface area (Å²) in [6.07, 6.45) is 2.00.